The summed E-state index contributed by atoms with van der Waals surface area (Å²) < 4.78 is 37.0. The van der Waals surface area contributed by atoms with E-state index >= 15 is 0 Å². The molecule has 0 fully saturated rings. The maximum atomic E-state index is 13.4. The Kier molecular flexibility index (Phi) is 7.31. The first-order valence-electron chi connectivity index (χ1n) is 12.1. The van der Waals surface area contributed by atoms with Crippen molar-refractivity contribution < 1.29 is 33.2 Å². The number of phenolic OH excluding ortho intramolecular Hbond substituents is 1. The highest BCUT2D eigenvalue weighted by Crippen LogP contribution is 2.38. The molecule has 1 amide bonds. The minimum absolute atomic E-state index is 0.0414. The predicted octanol–water partition coefficient (Wildman–Crippen LogP) is 5.12. The molecule has 0 spiro atoms. The number of amides is 1. The van der Waals surface area contributed by atoms with Gasteiger partial charge in [-0.15, -0.1) is 0 Å². The fraction of sp³-hybridized carbons (Fsp3) is 0.143. The molecule has 2 N–H and O–H groups in total. The molecule has 0 aliphatic rings. The normalized spacial score (nSPS) is 10.8. The number of aromatic nitrogens is 4. The Bertz CT molecular complexity index is 1690. The summed E-state index contributed by atoms with van der Waals surface area (Å²) in [5.41, 5.74) is 0.718. The monoisotopic (exact) mass is 545 g/mol. The lowest BCUT2D eigenvalue weighted by Gasteiger charge is -2.13. The molecule has 0 aliphatic heterocycles. The molecule has 40 heavy (non-hydrogen) atoms. The number of nitrogens with zero attached hydrogens (tertiary/aromatic N) is 4. The van der Waals surface area contributed by atoms with E-state index in [1.54, 1.807) is 44.5 Å². The summed E-state index contributed by atoms with van der Waals surface area (Å²) in [6.07, 6.45) is 4.49. The zero-order chi connectivity index (χ0) is 28.2. The van der Waals surface area contributed by atoms with Crippen molar-refractivity contribution in [1.82, 2.24) is 19.7 Å². The average Bonchev–Trinajstić information content (AvgIpc) is 3.37. The van der Waals surface area contributed by atoms with Gasteiger partial charge in [-0.2, -0.15) is 5.10 Å². The SMILES string of the molecule is CCOc1cn(-c2ccc(F)cc2O)nc1C(=O)Nc1ccc(Oc2ccnc3c(OC)c(OC)ccc23)cn1. The van der Waals surface area contributed by atoms with Crippen molar-refractivity contribution in [3.63, 3.8) is 0 Å². The van der Waals surface area contributed by atoms with Crippen LogP contribution in [0.4, 0.5) is 10.2 Å². The third kappa shape index (κ3) is 5.14. The summed E-state index contributed by atoms with van der Waals surface area (Å²) in [5.74, 6) is 0.878. The largest absolute Gasteiger partial charge is 0.506 e. The first kappa shape index (κ1) is 26.2. The highest BCUT2D eigenvalue weighted by Gasteiger charge is 2.21. The lowest BCUT2D eigenvalue weighted by molar-refractivity contribution is 0.101. The second-order valence-electron chi connectivity index (χ2n) is 8.29. The molecule has 12 heteroatoms. The van der Waals surface area contributed by atoms with Gasteiger partial charge in [0.15, 0.2) is 22.9 Å². The van der Waals surface area contributed by atoms with Crippen LogP contribution in [0.5, 0.6) is 34.5 Å². The van der Waals surface area contributed by atoms with Crippen LogP contribution in [0.3, 0.4) is 0 Å². The number of ether oxygens (including phenoxy) is 4. The van der Waals surface area contributed by atoms with E-state index < -0.39 is 11.7 Å². The Labute approximate surface area is 227 Å². The van der Waals surface area contributed by atoms with Gasteiger partial charge in [0.2, 0.25) is 0 Å². The van der Waals surface area contributed by atoms with Crippen molar-refractivity contribution in [3.8, 4) is 40.2 Å². The maximum Gasteiger partial charge on any atom is 0.281 e. The summed E-state index contributed by atoms with van der Waals surface area (Å²) in [6.45, 7) is 2.03. The van der Waals surface area contributed by atoms with E-state index in [2.05, 4.69) is 20.4 Å². The number of methoxy groups -OCH3 is 2. The minimum atomic E-state index is -0.605. The van der Waals surface area contributed by atoms with Crippen LogP contribution in [0.25, 0.3) is 16.6 Å². The summed E-state index contributed by atoms with van der Waals surface area (Å²) in [5, 5.41) is 17.7. The van der Waals surface area contributed by atoms with Crippen molar-refractivity contribution in [2.75, 3.05) is 26.1 Å². The Morgan fingerprint density at radius 1 is 1.02 bits per heavy atom. The molecule has 0 saturated carbocycles. The van der Waals surface area contributed by atoms with Crippen LogP contribution >= 0.6 is 0 Å². The molecular formula is C28H24FN5O6. The molecule has 0 unspecified atom stereocenters. The third-order valence-corrected chi connectivity index (χ3v) is 5.80. The van der Waals surface area contributed by atoms with Crippen LogP contribution in [-0.4, -0.2) is 51.6 Å². The maximum absolute atomic E-state index is 13.4. The lowest BCUT2D eigenvalue weighted by atomic mass is 10.1. The number of carbonyl (C=O) groups is 1. The number of halogens is 1. The zero-order valence-electron chi connectivity index (χ0n) is 21.7. The van der Waals surface area contributed by atoms with E-state index in [9.17, 15) is 14.3 Å². The quantitative estimate of drug-likeness (QED) is 0.259. The number of hydrogen-bond donors (Lipinski definition) is 2. The number of rotatable bonds is 9. The molecule has 0 atom stereocenters. The molecule has 3 aromatic heterocycles. The van der Waals surface area contributed by atoms with Crippen LogP contribution in [-0.2, 0) is 0 Å². The van der Waals surface area contributed by atoms with Crippen molar-refractivity contribution in [1.29, 1.82) is 0 Å². The molecule has 5 rings (SSSR count). The number of benzene rings is 2. The standard InChI is InChI=1S/C28H24FN5O6/c1-4-39-23-15-34(19-8-5-16(29)13-20(19)35)33-26(23)28(36)32-24-10-6-17(14-31-24)40-21-11-12-30-25-18(21)7-9-22(37-2)27(25)38-3/h5-15,35H,4H2,1-3H3,(H,31,32,36). The van der Waals surface area contributed by atoms with Gasteiger partial charge >= 0.3 is 0 Å². The number of pyridine rings is 2. The molecule has 0 bridgehead atoms. The van der Waals surface area contributed by atoms with Crippen molar-refractivity contribution >= 4 is 22.6 Å². The molecule has 2 aromatic carbocycles. The minimum Gasteiger partial charge on any atom is -0.506 e. The Balaban J connectivity index is 1.35. The molecular weight excluding hydrogens is 521 g/mol. The fourth-order valence-corrected chi connectivity index (χ4v) is 4.00. The second kappa shape index (κ2) is 11.2. The van der Waals surface area contributed by atoms with Crippen LogP contribution in [0, 0.1) is 5.82 Å². The van der Waals surface area contributed by atoms with E-state index in [0.29, 0.717) is 33.9 Å². The average molecular weight is 546 g/mol. The van der Waals surface area contributed by atoms with E-state index in [4.69, 9.17) is 18.9 Å². The molecule has 5 aromatic rings. The van der Waals surface area contributed by atoms with Gasteiger partial charge in [-0.05, 0) is 49.4 Å². The Hall–Kier alpha value is -5.39. The number of nitrogens with one attached hydrogen (secondary N) is 1. The topological polar surface area (TPSA) is 130 Å². The van der Waals surface area contributed by atoms with Crippen LogP contribution in [0.1, 0.15) is 17.4 Å². The number of anilines is 1. The molecule has 11 nitrogen and oxygen atoms in total. The number of hydrogen-bond acceptors (Lipinski definition) is 9. The second-order valence-corrected chi connectivity index (χ2v) is 8.29. The number of carbonyl (C=O) groups excluding carboxylic acids is 1. The first-order chi connectivity index (χ1) is 19.4. The van der Waals surface area contributed by atoms with Gasteiger partial charge in [0, 0.05) is 17.6 Å². The van der Waals surface area contributed by atoms with Crippen molar-refractivity contribution in [2.45, 2.75) is 6.92 Å². The van der Waals surface area contributed by atoms with Gasteiger partial charge in [0.1, 0.15) is 40.1 Å². The zero-order valence-corrected chi connectivity index (χ0v) is 21.7. The van der Waals surface area contributed by atoms with Gasteiger partial charge in [0.05, 0.1) is 33.2 Å². The van der Waals surface area contributed by atoms with E-state index in [-0.39, 0.29) is 35.3 Å². The van der Waals surface area contributed by atoms with Crippen molar-refractivity contribution in [3.05, 3.63) is 78.6 Å². The number of fused-ring (bicyclic) bond motifs is 1. The lowest BCUT2D eigenvalue weighted by Crippen LogP contribution is -2.15. The van der Waals surface area contributed by atoms with Gasteiger partial charge in [-0.3, -0.25) is 9.78 Å². The van der Waals surface area contributed by atoms with Gasteiger partial charge in [-0.25, -0.2) is 14.1 Å². The number of phenols is 1. The smallest absolute Gasteiger partial charge is 0.281 e. The van der Waals surface area contributed by atoms with E-state index in [0.717, 1.165) is 6.07 Å². The third-order valence-electron chi connectivity index (χ3n) is 5.80. The highest BCUT2D eigenvalue weighted by molar-refractivity contribution is 6.04. The Morgan fingerprint density at radius 3 is 2.58 bits per heavy atom. The van der Waals surface area contributed by atoms with Crippen molar-refractivity contribution in [2.24, 2.45) is 0 Å². The van der Waals surface area contributed by atoms with Crippen LogP contribution in [0.2, 0.25) is 0 Å². The molecule has 0 aliphatic carbocycles. The highest BCUT2D eigenvalue weighted by atomic mass is 19.1. The van der Waals surface area contributed by atoms with E-state index in [1.807, 2.05) is 6.07 Å². The van der Waals surface area contributed by atoms with E-state index in [1.165, 1.54) is 36.3 Å². The van der Waals surface area contributed by atoms with Gasteiger partial charge in [-0.1, -0.05) is 0 Å². The summed E-state index contributed by atoms with van der Waals surface area (Å²) in [6, 6.07) is 12.0. The molecule has 0 saturated heterocycles. The predicted molar refractivity (Wildman–Crippen MR) is 143 cm³/mol. The van der Waals surface area contributed by atoms with Gasteiger partial charge < -0.3 is 29.4 Å². The van der Waals surface area contributed by atoms with Gasteiger partial charge in [0.25, 0.3) is 5.91 Å². The molecule has 0 radical (unpaired) electrons. The fourth-order valence-electron chi connectivity index (χ4n) is 4.00. The number of aromatic hydroxyl groups is 1. The van der Waals surface area contributed by atoms with Crippen LogP contribution in [0.15, 0.2) is 67.1 Å². The molecule has 204 valence electrons. The molecule has 3 heterocycles. The Morgan fingerprint density at radius 2 is 1.88 bits per heavy atom. The summed E-state index contributed by atoms with van der Waals surface area (Å²) in [4.78, 5) is 21.7. The first-order valence-corrected chi connectivity index (χ1v) is 12.1. The summed E-state index contributed by atoms with van der Waals surface area (Å²) >= 11 is 0. The summed E-state index contributed by atoms with van der Waals surface area (Å²) in [7, 11) is 3.09. The van der Waals surface area contributed by atoms with Crippen LogP contribution < -0.4 is 24.3 Å².